The summed E-state index contributed by atoms with van der Waals surface area (Å²) >= 11 is 0. The van der Waals surface area contributed by atoms with Crippen LogP contribution in [-0.4, -0.2) is 106 Å². The molecule has 5 heterocycles. The molecule has 0 aromatic rings. The summed E-state index contributed by atoms with van der Waals surface area (Å²) in [7, 11) is 0. The number of nitrogens with zero attached hydrogens (tertiary/aromatic N) is 6. The van der Waals surface area contributed by atoms with E-state index >= 15 is 0 Å². The molecule has 5 fully saturated rings. The lowest BCUT2D eigenvalue weighted by Crippen LogP contribution is -2.74. The summed E-state index contributed by atoms with van der Waals surface area (Å²) < 4.78 is 0. The van der Waals surface area contributed by atoms with Crippen LogP contribution < -0.4 is 0 Å². The van der Waals surface area contributed by atoms with Crippen LogP contribution in [0.1, 0.15) is 0 Å². The molecule has 0 aromatic heterocycles. The van der Waals surface area contributed by atoms with Crippen molar-refractivity contribution in [3.05, 3.63) is 75.9 Å². The van der Waals surface area contributed by atoms with Gasteiger partial charge in [0.05, 0.1) is 37.0 Å². The topological polar surface area (TPSA) is 19.4 Å². The van der Waals surface area contributed by atoms with Gasteiger partial charge in [0, 0.05) is 39.3 Å². The van der Waals surface area contributed by atoms with Gasteiger partial charge in [-0.25, -0.2) is 0 Å². The van der Waals surface area contributed by atoms with Crippen LogP contribution in [0, 0.1) is 0 Å². The second kappa shape index (κ2) is 8.75. The maximum Gasteiger partial charge on any atom is 0.0954 e. The first kappa shape index (κ1) is 21.4. The Bertz CT molecular complexity index is 610. The summed E-state index contributed by atoms with van der Waals surface area (Å²) in [5, 5.41) is 0. The van der Waals surface area contributed by atoms with Gasteiger partial charge in [-0.15, -0.1) is 39.5 Å². The van der Waals surface area contributed by atoms with Gasteiger partial charge in [-0.2, -0.15) is 0 Å². The van der Waals surface area contributed by atoms with Crippen LogP contribution in [0.5, 0.6) is 0 Å². The summed E-state index contributed by atoms with van der Waals surface area (Å²) in [6, 6.07) is 0. The van der Waals surface area contributed by atoms with Gasteiger partial charge in [0.2, 0.25) is 0 Å². The lowest BCUT2D eigenvalue weighted by atomic mass is 10.1. The average Bonchev–Trinajstić information content (AvgIpc) is 3.14. The normalized spacial score (nSPS) is 36.8. The summed E-state index contributed by atoms with van der Waals surface area (Å²) in [6.45, 7) is 29.6. The smallest absolute Gasteiger partial charge is 0.0954 e. The van der Waals surface area contributed by atoms with Crippen molar-refractivity contribution >= 4 is 0 Å². The quantitative estimate of drug-likeness (QED) is 0.457. The Kier molecular flexibility index (Phi) is 6.25. The SMILES string of the molecule is C=CCN1C2C3N(CC=C)C1C1N(CC=C)C(C(N1CC=C)N3CC=C)N2CC=C. The molecule has 0 radical (unpaired) electrons. The van der Waals surface area contributed by atoms with Gasteiger partial charge in [-0.05, 0) is 0 Å². The minimum Gasteiger partial charge on any atom is -0.263 e. The molecule has 5 aliphatic rings. The molecule has 0 spiro atoms. The van der Waals surface area contributed by atoms with Crippen LogP contribution in [0.3, 0.4) is 0 Å². The second-order valence-electron chi connectivity index (χ2n) is 8.39. The van der Waals surface area contributed by atoms with Crippen molar-refractivity contribution in [3.63, 3.8) is 0 Å². The molecule has 0 N–H and O–H groups in total. The van der Waals surface area contributed by atoms with Crippen LogP contribution in [0.4, 0.5) is 0 Å². The van der Waals surface area contributed by atoms with Crippen molar-refractivity contribution < 1.29 is 0 Å². The van der Waals surface area contributed by atoms with Crippen LogP contribution >= 0.6 is 0 Å². The fourth-order valence-electron chi connectivity index (χ4n) is 6.33. The summed E-state index contributed by atoms with van der Waals surface area (Å²) in [5.41, 5.74) is 0. The zero-order valence-electron chi connectivity index (χ0n) is 18.1. The third-order valence-electron chi connectivity index (χ3n) is 6.92. The predicted octanol–water partition coefficient (Wildman–Crippen LogP) is 1.93. The Morgan fingerprint density at radius 3 is 0.567 bits per heavy atom. The molecule has 5 aliphatic heterocycles. The van der Waals surface area contributed by atoms with E-state index in [-0.39, 0.29) is 37.0 Å². The first-order chi connectivity index (χ1) is 14.7. The Labute approximate surface area is 182 Å². The van der Waals surface area contributed by atoms with Gasteiger partial charge in [0.15, 0.2) is 0 Å². The van der Waals surface area contributed by atoms with Crippen LogP contribution in [0.25, 0.3) is 0 Å². The molecule has 0 atom stereocenters. The Balaban J connectivity index is 1.95. The highest BCUT2D eigenvalue weighted by Gasteiger charge is 2.70. The Morgan fingerprint density at radius 1 is 0.333 bits per heavy atom. The molecule has 5 rings (SSSR count). The van der Waals surface area contributed by atoms with Crippen LogP contribution in [0.15, 0.2) is 75.9 Å². The molecule has 162 valence electrons. The molecule has 0 amide bonds. The van der Waals surface area contributed by atoms with E-state index in [0.29, 0.717) is 0 Å². The zero-order valence-corrected chi connectivity index (χ0v) is 18.1. The average molecular weight is 409 g/mol. The van der Waals surface area contributed by atoms with Crippen molar-refractivity contribution in [1.29, 1.82) is 0 Å². The third-order valence-corrected chi connectivity index (χ3v) is 6.92. The van der Waals surface area contributed by atoms with Gasteiger partial charge < -0.3 is 0 Å². The molecule has 0 unspecified atom stereocenters. The first-order valence-electron chi connectivity index (χ1n) is 10.9. The molecule has 0 saturated carbocycles. The van der Waals surface area contributed by atoms with Gasteiger partial charge in [0.25, 0.3) is 0 Å². The van der Waals surface area contributed by atoms with E-state index < -0.39 is 0 Å². The molecule has 0 aromatic carbocycles. The first-order valence-corrected chi connectivity index (χ1v) is 10.9. The monoisotopic (exact) mass is 408 g/mol. The van der Waals surface area contributed by atoms with E-state index in [9.17, 15) is 0 Å². The molecule has 30 heavy (non-hydrogen) atoms. The van der Waals surface area contributed by atoms with E-state index in [1.165, 1.54) is 0 Å². The Morgan fingerprint density at radius 2 is 0.467 bits per heavy atom. The molecule has 6 nitrogen and oxygen atoms in total. The minimum atomic E-state index is 0.230. The van der Waals surface area contributed by atoms with Crippen molar-refractivity contribution in [2.45, 2.75) is 37.0 Å². The maximum atomic E-state index is 4.09. The largest absolute Gasteiger partial charge is 0.263 e. The molecule has 5 saturated heterocycles. The highest BCUT2D eigenvalue weighted by Crippen LogP contribution is 2.51. The van der Waals surface area contributed by atoms with E-state index in [1.54, 1.807) is 0 Å². The molecular weight excluding hydrogens is 372 g/mol. The lowest BCUT2D eigenvalue weighted by Gasteiger charge is -2.55. The van der Waals surface area contributed by atoms with Crippen molar-refractivity contribution in [3.8, 4) is 0 Å². The highest BCUT2D eigenvalue weighted by molar-refractivity contribution is 5.20. The number of hydrogen-bond donors (Lipinski definition) is 0. The standard InChI is InChI=1S/C24H36N6/c1-7-13-25-19-20-26(14-8-2)23(25)24-27(15-9-3)21(29(19)17-11-5)22(28(24)16-10-4)30(20)18-12-6/h7-12,19-24H,1-6,13-18H2. The van der Waals surface area contributed by atoms with E-state index in [1.807, 2.05) is 36.5 Å². The van der Waals surface area contributed by atoms with E-state index in [4.69, 9.17) is 0 Å². The van der Waals surface area contributed by atoms with Gasteiger partial charge in [0.1, 0.15) is 0 Å². The zero-order chi connectivity index (χ0) is 21.4. The van der Waals surface area contributed by atoms with Gasteiger partial charge in [-0.3, -0.25) is 29.4 Å². The second-order valence-corrected chi connectivity index (χ2v) is 8.39. The number of piperazine rings is 1. The van der Waals surface area contributed by atoms with Crippen molar-refractivity contribution in [2.75, 3.05) is 39.3 Å². The molecule has 6 bridgehead atoms. The molecule has 0 aliphatic carbocycles. The Hall–Kier alpha value is -1.80. The van der Waals surface area contributed by atoms with E-state index in [2.05, 4.69) is 68.9 Å². The summed E-state index contributed by atoms with van der Waals surface area (Å²) in [4.78, 5) is 15.7. The van der Waals surface area contributed by atoms with Crippen LogP contribution in [0.2, 0.25) is 0 Å². The number of hydrogen-bond acceptors (Lipinski definition) is 6. The highest BCUT2D eigenvalue weighted by atomic mass is 15.8. The van der Waals surface area contributed by atoms with Gasteiger partial charge >= 0.3 is 0 Å². The lowest BCUT2D eigenvalue weighted by molar-refractivity contribution is -0.142. The van der Waals surface area contributed by atoms with Gasteiger partial charge in [-0.1, -0.05) is 36.5 Å². The van der Waals surface area contributed by atoms with Crippen LogP contribution in [-0.2, 0) is 0 Å². The van der Waals surface area contributed by atoms with Crippen molar-refractivity contribution in [1.82, 2.24) is 29.4 Å². The fraction of sp³-hybridized carbons (Fsp3) is 0.500. The fourth-order valence-corrected chi connectivity index (χ4v) is 6.33. The minimum absolute atomic E-state index is 0.230. The van der Waals surface area contributed by atoms with Crippen molar-refractivity contribution in [2.24, 2.45) is 0 Å². The number of rotatable bonds is 12. The molecular formula is C24H36N6. The predicted molar refractivity (Wildman–Crippen MR) is 124 cm³/mol. The summed E-state index contributed by atoms with van der Waals surface area (Å²) in [6.07, 6.45) is 13.7. The van der Waals surface area contributed by atoms with E-state index in [0.717, 1.165) is 39.3 Å². The molecule has 6 heteroatoms. The summed E-state index contributed by atoms with van der Waals surface area (Å²) in [5.74, 6) is 0. The third kappa shape index (κ3) is 2.87. The maximum absolute atomic E-state index is 4.09.